The maximum atomic E-state index is 10.6. The third-order valence-corrected chi connectivity index (χ3v) is 2.96. The number of carboxylic acids is 1. The Kier molecular flexibility index (Phi) is 4.72. The smallest absolute Gasteiger partial charge is 0.328 e. The maximum absolute atomic E-state index is 10.6. The Balaban J connectivity index is 2.20. The predicted molar refractivity (Wildman–Crippen MR) is 81.2 cm³/mol. The van der Waals surface area contributed by atoms with Crippen LogP contribution in [0.5, 0.6) is 5.75 Å². The molecule has 0 bridgehead atoms. The van der Waals surface area contributed by atoms with E-state index >= 15 is 0 Å². The molecule has 4 nitrogen and oxygen atoms in total. The number of aliphatic carboxylic acids is 1. The van der Waals surface area contributed by atoms with Crippen LogP contribution >= 0.6 is 0 Å². The van der Waals surface area contributed by atoms with Gasteiger partial charge in [-0.1, -0.05) is 18.2 Å². The number of para-hydroxylation sites is 1. The van der Waals surface area contributed by atoms with Crippen molar-refractivity contribution in [2.45, 2.75) is 20.5 Å². The molecule has 0 fully saturated rings. The van der Waals surface area contributed by atoms with Crippen molar-refractivity contribution < 1.29 is 14.6 Å². The van der Waals surface area contributed by atoms with Crippen molar-refractivity contribution in [2.24, 2.45) is 0 Å². The van der Waals surface area contributed by atoms with E-state index in [0.29, 0.717) is 12.4 Å². The highest BCUT2D eigenvalue weighted by molar-refractivity contribution is 5.86. The van der Waals surface area contributed by atoms with Gasteiger partial charge in [-0.25, -0.2) is 4.79 Å². The average Bonchev–Trinajstić information content (AvgIpc) is 2.44. The van der Waals surface area contributed by atoms with Crippen molar-refractivity contribution in [3.63, 3.8) is 0 Å². The summed E-state index contributed by atoms with van der Waals surface area (Å²) < 4.78 is 5.86. The molecule has 0 aliphatic carbocycles. The molecule has 1 aromatic heterocycles. The molecule has 0 amide bonds. The maximum Gasteiger partial charge on any atom is 0.328 e. The molecule has 0 aliphatic rings. The highest BCUT2D eigenvalue weighted by Gasteiger charge is 2.06. The second-order valence-electron chi connectivity index (χ2n) is 4.82. The number of carboxylic acid groups (broad SMARTS) is 1. The van der Waals surface area contributed by atoms with E-state index < -0.39 is 5.97 Å². The summed E-state index contributed by atoms with van der Waals surface area (Å²) in [5.41, 5.74) is 3.76. The fraction of sp³-hybridized carbons (Fsp3) is 0.176. The number of pyridine rings is 1. The molecule has 4 heteroatoms. The third-order valence-electron chi connectivity index (χ3n) is 2.96. The molecule has 108 valence electrons. The monoisotopic (exact) mass is 283 g/mol. The quantitative estimate of drug-likeness (QED) is 0.855. The Morgan fingerprint density at radius 2 is 2.14 bits per heavy atom. The van der Waals surface area contributed by atoms with E-state index in [1.807, 2.05) is 38.1 Å². The van der Waals surface area contributed by atoms with Crippen LogP contribution in [0.15, 0.2) is 42.7 Å². The molecule has 0 atom stereocenters. The van der Waals surface area contributed by atoms with Crippen molar-refractivity contribution in [1.82, 2.24) is 4.98 Å². The zero-order valence-electron chi connectivity index (χ0n) is 12.0. The van der Waals surface area contributed by atoms with Crippen LogP contribution in [0.1, 0.15) is 22.3 Å². The topological polar surface area (TPSA) is 59.4 Å². The summed E-state index contributed by atoms with van der Waals surface area (Å²) in [6.45, 7) is 4.31. The van der Waals surface area contributed by atoms with Gasteiger partial charge in [-0.15, -0.1) is 0 Å². The predicted octanol–water partition coefficient (Wildman–Crippen LogP) is 3.38. The minimum Gasteiger partial charge on any atom is -0.488 e. The Bertz CT molecular complexity index is 677. The molecule has 0 unspecified atom stereocenters. The van der Waals surface area contributed by atoms with Crippen molar-refractivity contribution in [3.8, 4) is 5.75 Å². The van der Waals surface area contributed by atoms with Crippen LogP contribution in [0.2, 0.25) is 0 Å². The van der Waals surface area contributed by atoms with Gasteiger partial charge in [-0.3, -0.25) is 4.98 Å². The normalized spacial score (nSPS) is 10.8. The second kappa shape index (κ2) is 6.70. The van der Waals surface area contributed by atoms with Gasteiger partial charge < -0.3 is 9.84 Å². The molecule has 0 saturated carbocycles. The molecule has 2 rings (SSSR count). The van der Waals surface area contributed by atoms with Gasteiger partial charge in [0.1, 0.15) is 12.4 Å². The van der Waals surface area contributed by atoms with Crippen molar-refractivity contribution in [1.29, 1.82) is 0 Å². The van der Waals surface area contributed by atoms with E-state index in [9.17, 15) is 4.79 Å². The zero-order valence-corrected chi connectivity index (χ0v) is 12.0. The average molecular weight is 283 g/mol. The van der Waals surface area contributed by atoms with Crippen LogP contribution in [-0.4, -0.2) is 16.1 Å². The van der Waals surface area contributed by atoms with E-state index in [1.54, 1.807) is 18.5 Å². The number of ether oxygens (including phenoxy) is 1. The largest absolute Gasteiger partial charge is 0.488 e. The molecule has 0 saturated heterocycles. The second-order valence-corrected chi connectivity index (χ2v) is 4.82. The molecular weight excluding hydrogens is 266 g/mol. The standard InChI is InChI=1S/C17H17NO3/c1-12-8-14(10-18-9-12)11-21-17-13(2)4-3-5-15(17)6-7-16(19)20/h3-10H,11H2,1-2H3,(H,19,20)/b7-6+. The van der Waals surface area contributed by atoms with Gasteiger partial charge in [-0.05, 0) is 37.1 Å². The number of nitrogens with zero attached hydrogens (tertiary/aromatic N) is 1. The van der Waals surface area contributed by atoms with Crippen LogP contribution in [0.4, 0.5) is 0 Å². The number of benzene rings is 1. The molecular formula is C17H17NO3. The molecule has 0 spiro atoms. The number of rotatable bonds is 5. The fourth-order valence-corrected chi connectivity index (χ4v) is 2.02. The molecule has 1 heterocycles. The summed E-state index contributed by atoms with van der Waals surface area (Å²) in [5, 5.41) is 8.74. The van der Waals surface area contributed by atoms with Gasteiger partial charge in [0.05, 0.1) is 0 Å². The van der Waals surface area contributed by atoms with E-state index in [-0.39, 0.29) is 0 Å². The van der Waals surface area contributed by atoms with Gasteiger partial charge in [0.2, 0.25) is 0 Å². The number of aromatic nitrogens is 1. The zero-order chi connectivity index (χ0) is 15.2. The fourth-order valence-electron chi connectivity index (χ4n) is 2.02. The molecule has 1 aromatic carbocycles. The summed E-state index contributed by atoms with van der Waals surface area (Å²) in [5.74, 6) is -0.290. The van der Waals surface area contributed by atoms with Crippen molar-refractivity contribution in [3.05, 3.63) is 65.0 Å². The lowest BCUT2D eigenvalue weighted by atomic mass is 10.1. The summed E-state index contributed by atoms with van der Waals surface area (Å²) >= 11 is 0. The van der Waals surface area contributed by atoms with E-state index in [2.05, 4.69) is 4.98 Å². The summed E-state index contributed by atoms with van der Waals surface area (Å²) in [4.78, 5) is 14.8. The van der Waals surface area contributed by atoms with Crippen LogP contribution in [0, 0.1) is 13.8 Å². The van der Waals surface area contributed by atoms with Crippen molar-refractivity contribution in [2.75, 3.05) is 0 Å². The number of aryl methyl sites for hydroxylation is 2. The first-order valence-electron chi connectivity index (χ1n) is 6.60. The number of carbonyl (C=O) groups is 1. The van der Waals surface area contributed by atoms with Crippen LogP contribution in [0.3, 0.4) is 0 Å². The molecule has 0 aliphatic heterocycles. The van der Waals surface area contributed by atoms with E-state index in [0.717, 1.165) is 28.3 Å². The van der Waals surface area contributed by atoms with Gasteiger partial charge in [0.25, 0.3) is 0 Å². The van der Waals surface area contributed by atoms with Gasteiger partial charge >= 0.3 is 5.97 Å². The third kappa shape index (κ3) is 4.18. The molecule has 0 radical (unpaired) electrons. The lowest BCUT2D eigenvalue weighted by molar-refractivity contribution is -0.131. The highest BCUT2D eigenvalue weighted by atomic mass is 16.5. The SMILES string of the molecule is Cc1cncc(COc2c(C)cccc2/C=C/C(=O)O)c1. The van der Waals surface area contributed by atoms with Crippen LogP contribution < -0.4 is 4.74 Å². The van der Waals surface area contributed by atoms with Crippen LogP contribution in [0.25, 0.3) is 6.08 Å². The minimum absolute atomic E-state index is 0.396. The lowest BCUT2D eigenvalue weighted by Gasteiger charge is -2.12. The number of hydrogen-bond donors (Lipinski definition) is 1. The first kappa shape index (κ1) is 14.8. The van der Waals surface area contributed by atoms with Crippen LogP contribution in [-0.2, 0) is 11.4 Å². The van der Waals surface area contributed by atoms with E-state index in [4.69, 9.17) is 9.84 Å². The van der Waals surface area contributed by atoms with Gasteiger partial charge in [0, 0.05) is 29.6 Å². The molecule has 21 heavy (non-hydrogen) atoms. The van der Waals surface area contributed by atoms with Crippen molar-refractivity contribution >= 4 is 12.0 Å². The lowest BCUT2D eigenvalue weighted by Crippen LogP contribution is -2.00. The minimum atomic E-state index is -0.981. The first-order valence-corrected chi connectivity index (χ1v) is 6.60. The Hall–Kier alpha value is -2.62. The van der Waals surface area contributed by atoms with E-state index in [1.165, 1.54) is 0 Å². The Morgan fingerprint density at radius 3 is 2.86 bits per heavy atom. The van der Waals surface area contributed by atoms with Gasteiger partial charge in [-0.2, -0.15) is 0 Å². The summed E-state index contributed by atoms with van der Waals surface area (Å²) in [6, 6.07) is 7.65. The Labute approximate surface area is 123 Å². The summed E-state index contributed by atoms with van der Waals surface area (Å²) in [6.07, 6.45) is 6.20. The first-order chi connectivity index (χ1) is 10.1. The highest BCUT2D eigenvalue weighted by Crippen LogP contribution is 2.25. The molecule has 1 N–H and O–H groups in total. The molecule has 2 aromatic rings. The van der Waals surface area contributed by atoms with Gasteiger partial charge in [0.15, 0.2) is 0 Å². The Morgan fingerprint density at radius 1 is 1.33 bits per heavy atom. The number of hydrogen-bond acceptors (Lipinski definition) is 3. The summed E-state index contributed by atoms with van der Waals surface area (Å²) in [7, 11) is 0.